The van der Waals surface area contributed by atoms with E-state index < -0.39 is 11.6 Å². The molecule has 1 aliphatic heterocycles. The largest absolute Gasteiger partial charge is 0.336 e. The van der Waals surface area contributed by atoms with Crippen molar-refractivity contribution < 1.29 is 13.6 Å². The molecule has 126 valence electrons. The summed E-state index contributed by atoms with van der Waals surface area (Å²) in [6, 6.07) is 4.91. The summed E-state index contributed by atoms with van der Waals surface area (Å²) in [5, 5.41) is 0. The average molecular weight is 331 g/mol. The van der Waals surface area contributed by atoms with Crippen LogP contribution in [0.2, 0.25) is 0 Å². The average Bonchev–Trinajstić information content (AvgIpc) is 2.60. The molecule has 1 amide bonds. The maximum absolute atomic E-state index is 13.4. The fourth-order valence-electron chi connectivity index (χ4n) is 2.89. The first kappa shape index (κ1) is 16.5. The van der Waals surface area contributed by atoms with Gasteiger partial charge in [0.1, 0.15) is 11.6 Å². The van der Waals surface area contributed by atoms with Gasteiger partial charge in [-0.2, -0.15) is 0 Å². The SMILES string of the molecule is CCN1CCN(C(=O)c2cncc(-c3cc(F)cc(F)c3)c2)CC1. The summed E-state index contributed by atoms with van der Waals surface area (Å²) in [6.07, 6.45) is 2.99. The molecule has 0 radical (unpaired) electrons. The maximum Gasteiger partial charge on any atom is 0.255 e. The Labute approximate surface area is 139 Å². The summed E-state index contributed by atoms with van der Waals surface area (Å²) in [7, 11) is 0. The quantitative estimate of drug-likeness (QED) is 0.868. The Kier molecular flexibility index (Phi) is 4.85. The van der Waals surface area contributed by atoms with Crippen LogP contribution in [0.5, 0.6) is 0 Å². The topological polar surface area (TPSA) is 36.4 Å². The zero-order valence-electron chi connectivity index (χ0n) is 13.5. The van der Waals surface area contributed by atoms with E-state index in [0.717, 1.165) is 25.7 Å². The molecule has 0 aliphatic carbocycles. The minimum atomic E-state index is -0.655. The molecule has 0 bridgehead atoms. The Morgan fingerprint density at radius 3 is 2.29 bits per heavy atom. The molecule has 6 heteroatoms. The van der Waals surface area contributed by atoms with Gasteiger partial charge in [-0.1, -0.05) is 6.92 Å². The van der Waals surface area contributed by atoms with Crippen molar-refractivity contribution in [1.29, 1.82) is 0 Å². The summed E-state index contributed by atoms with van der Waals surface area (Å²) >= 11 is 0. The Bertz CT molecular complexity index is 723. The van der Waals surface area contributed by atoms with Gasteiger partial charge < -0.3 is 9.80 Å². The number of pyridine rings is 1. The molecule has 3 rings (SSSR count). The van der Waals surface area contributed by atoms with E-state index in [1.54, 1.807) is 11.0 Å². The number of hydrogen-bond donors (Lipinski definition) is 0. The van der Waals surface area contributed by atoms with E-state index in [4.69, 9.17) is 0 Å². The third-order valence-corrected chi connectivity index (χ3v) is 4.29. The molecule has 0 saturated carbocycles. The first-order chi connectivity index (χ1) is 11.6. The lowest BCUT2D eigenvalue weighted by atomic mass is 10.1. The molecule has 0 atom stereocenters. The maximum atomic E-state index is 13.4. The molecule has 4 nitrogen and oxygen atoms in total. The van der Waals surface area contributed by atoms with Crippen LogP contribution < -0.4 is 0 Å². The Morgan fingerprint density at radius 2 is 1.67 bits per heavy atom. The van der Waals surface area contributed by atoms with Crippen LogP contribution in [0.15, 0.2) is 36.7 Å². The fourth-order valence-corrected chi connectivity index (χ4v) is 2.89. The van der Waals surface area contributed by atoms with Crippen molar-refractivity contribution in [3.63, 3.8) is 0 Å². The van der Waals surface area contributed by atoms with Crippen LogP contribution in [0, 0.1) is 11.6 Å². The van der Waals surface area contributed by atoms with Gasteiger partial charge >= 0.3 is 0 Å². The van der Waals surface area contributed by atoms with Crippen molar-refractivity contribution in [3.05, 3.63) is 53.9 Å². The number of amides is 1. The third-order valence-electron chi connectivity index (χ3n) is 4.29. The molecule has 0 spiro atoms. The van der Waals surface area contributed by atoms with Gasteiger partial charge in [-0.3, -0.25) is 9.78 Å². The second-order valence-electron chi connectivity index (χ2n) is 5.85. The lowest BCUT2D eigenvalue weighted by Gasteiger charge is -2.34. The minimum Gasteiger partial charge on any atom is -0.336 e. The Morgan fingerprint density at radius 1 is 1.00 bits per heavy atom. The van der Waals surface area contributed by atoms with Crippen molar-refractivity contribution in [2.75, 3.05) is 32.7 Å². The number of nitrogens with zero attached hydrogens (tertiary/aromatic N) is 3. The lowest BCUT2D eigenvalue weighted by molar-refractivity contribution is 0.0643. The summed E-state index contributed by atoms with van der Waals surface area (Å²) in [5.41, 5.74) is 1.32. The molecule has 1 aromatic heterocycles. The monoisotopic (exact) mass is 331 g/mol. The molecule has 1 saturated heterocycles. The van der Waals surface area contributed by atoms with E-state index in [2.05, 4.69) is 16.8 Å². The Balaban J connectivity index is 1.81. The number of rotatable bonds is 3. The molecular formula is C18H19F2N3O. The summed E-state index contributed by atoms with van der Waals surface area (Å²) in [6.45, 7) is 6.12. The summed E-state index contributed by atoms with van der Waals surface area (Å²) < 4.78 is 26.8. The number of halogens is 2. The van der Waals surface area contributed by atoms with Gasteiger partial charge in [0.2, 0.25) is 0 Å². The zero-order valence-corrected chi connectivity index (χ0v) is 13.5. The standard InChI is InChI=1S/C18H19F2N3O/c1-2-22-3-5-23(6-4-22)18(24)15-7-14(11-21-12-15)13-8-16(19)10-17(20)9-13/h7-12H,2-6H2,1H3. The van der Waals surface area contributed by atoms with E-state index in [-0.39, 0.29) is 5.91 Å². The van der Waals surface area contributed by atoms with Crippen LogP contribution in [0.1, 0.15) is 17.3 Å². The first-order valence-electron chi connectivity index (χ1n) is 8.00. The Hall–Kier alpha value is -2.34. The lowest BCUT2D eigenvalue weighted by Crippen LogP contribution is -2.48. The molecule has 2 aromatic rings. The van der Waals surface area contributed by atoms with Crippen LogP contribution >= 0.6 is 0 Å². The van der Waals surface area contributed by atoms with Crippen molar-refractivity contribution in [3.8, 4) is 11.1 Å². The van der Waals surface area contributed by atoms with Gasteiger partial charge in [-0.05, 0) is 30.3 Å². The third kappa shape index (κ3) is 3.59. The minimum absolute atomic E-state index is 0.100. The molecule has 1 fully saturated rings. The molecular weight excluding hydrogens is 312 g/mol. The normalized spacial score (nSPS) is 15.5. The number of likely N-dealkylation sites (N-methyl/N-ethyl adjacent to an activating group) is 1. The number of piperazine rings is 1. The molecule has 24 heavy (non-hydrogen) atoms. The molecule has 1 aliphatic rings. The highest BCUT2D eigenvalue weighted by atomic mass is 19.1. The van der Waals surface area contributed by atoms with E-state index in [9.17, 15) is 13.6 Å². The van der Waals surface area contributed by atoms with E-state index >= 15 is 0 Å². The van der Waals surface area contributed by atoms with Crippen molar-refractivity contribution in [2.24, 2.45) is 0 Å². The second-order valence-corrected chi connectivity index (χ2v) is 5.85. The van der Waals surface area contributed by atoms with E-state index in [1.165, 1.54) is 24.5 Å². The van der Waals surface area contributed by atoms with Gasteiger partial charge in [0, 0.05) is 50.2 Å². The molecule has 0 N–H and O–H groups in total. The van der Waals surface area contributed by atoms with Crippen LogP contribution in [-0.4, -0.2) is 53.4 Å². The molecule has 0 unspecified atom stereocenters. The van der Waals surface area contributed by atoms with Crippen molar-refractivity contribution in [1.82, 2.24) is 14.8 Å². The number of carbonyl (C=O) groups excluding carboxylic acids is 1. The van der Waals surface area contributed by atoms with Crippen molar-refractivity contribution >= 4 is 5.91 Å². The number of benzene rings is 1. The predicted molar refractivity (Wildman–Crippen MR) is 87.6 cm³/mol. The van der Waals surface area contributed by atoms with Gasteiger partial charge in [0.15, 0.2) is 0 Å². The van der Waals surface area contributed by atoms with Gasteiger partial charge in [-0.15, -0.1) is 0 Å². The first-order valence-corrected chi connectivity index (χ1v) is 8.00. The van der Waals surface area contributed by atoms with Crippen LogP contribution in [0.3, 0.4) is 0 Å². The van der Waals surface area contributed by atoms with Crippen LogP contribution in [-0.2, 0) is 0 Å². The number of carbonyl (C=O) groups is 1. The van der Waals surface area contributed by atoms with Gasteiger partial charge in [0.25, 0.3) is 5.91 Å². The van der Waals surface area contributed by atoms with Gasteiger partial charge in [-0.25, -0.2) is 8.78 Å². The predicted octanol–water partition coefficient (Wildman–Crippen LogP) is 2.80. The summed E-state index contributed by atoms with van der Waals surface area (Å²) in [4.78, 5) is 20.8. The van der Waals surface area contributed by atoms with E-state index in [1.807, 2.05) is 0 Å². The molecule has 1 aromatic carbocycles. The molecule has 2 heterocycles. The fraction of sp³-hybridized carbons (Fsp3) is 0.333. The van der Waals surface area contributed by atoms with Crippen LogP contribution in [0.4, 0.5) is 8.78 Å². The highest BCUT2D eigenvalue weighted by Gasteiger charge is 2.21. The zero-order chi connectivity index (χ0) is 17.1. The smallest absolute Gasteiger partial charge is 0.255 e. The number of hydrogen-bond acceptors (Lipinski definition) is 3. The number of aromatic nitrogens is 1. The summed E-state index contributed by atoms with van der Waals surface area (Å²) in [5.74, 6) is -1.41. The second kappa shape index (κ2) is 7.05. The van der Waals surface area contributed by atoms with E-state index in [0.29, 0.717) is 29.8 Å². The van der Waals surface area contributed by atoms with Crippen LogP contribution in [0.25, 0.3) is 11.1 Å². The highest BCUT2D eigenvalue weighted by Crippen LogP contribution is 2.22. The van der Waals surface area contributed by atoms with Gasteiger partial charge in [0.05, 0.1) is 5.56 Å². The highest BCUT2D eigenvalue weighted by molar-refractivity contribution is 5.95. The van der Waals surface area contributed by atoms with Crippen molar-refractivity contribution in [2.45, 2.75) is 6.92 Å².